The van der Waals surface area contributed by atoms with Gasteiger partial charge in [-0.15, -0.1) is 0 Å². The summed E-state index contributed by atoms with van der Waals surface area (Å²) in [5.41, 5.74) is -2.84. The molecular weight excluding hydrogens is 520 g/mol. The van der Waals surface area contributed by atoms with Crippen molar-refractivity contribution >= 4 is 17.7 Å². The van der Waals surface area contributed by atoms with Crippen LogP contribution in [0, 0.1) is 0 Å². The van der Waals surface area contributed by atoms with Gasteiger partial charge in [0.1, 0.15) is 0 Å². The van der Waals surface area contributed by atoms with E-state index in [0.29, 0.717) is 12.1 Å². The molecule has 7 nitrogen and oxygen atoms in total. The number of benzene rings is 1. The Morgan fingerprint density at radius 3 is 2.13 bits per heavy atom. The van der Waals surface area contributed by atoms with E-state index in [-0.39, 0.29) is 35.3 Å². The summed E-state index contributed by atoms with van der Waals surface area (Å²) < 4.78 is 91.0. The number of fused-ring (bicyclic) bond motifs is 1. The molecule has 2 aromatic rings. The molecule has 3 rings (SSSR count). The second-order valence-corrected chi connectivity index (χ2v) is 9.22. The minimum atomic E-state index is -5.03. The summed E-state index contributed by atoms with van der Waals surface area (Å²) in [4.78, 5) is 32.5. The first-order valence-electron chi connectivity index (χ1n) is 11.6. The summed E-state index contributed by atoms with van der Waals surface area (Å²) in [6, 6.07) is 2.79. The number of methoxy groups -OCH3 is 1. The first-order valence-corrected chi connectivity index (χ1v) is 11.6. The Balaban J connectivity index is 2.11. The van der Waals surface area contributed by atoms with Crippen molar-refractivity contribution in [3.63, 3.8) is 0 Å². The second-order valence-electron chi connectivity index (χ2n) is 9.22. The van der Waals surface area contributed by atoms with Crippen molar-refractivity contribution in [1.82, 2.24) is 9.88 Å². The molecule has 1 aromatic heterocycles. The Morgan fingerprint density at radius 2 is 1.66 bits per heavy atom. The molecule has 2 atom stereocenters. The van der Waals surface area contributed by atoms with E-state index >= 15 is 0 Å². The molecule has 0 bridgehead atoms. The predicted molar refractivity (Wildman–Crippen MR) is 124 cm³/mol. The number of rotatable bonds is 5. The fraction of sp³-hybridized carbons (Fsp3) is 0.480. The molecule has 208 valence electrons. The van der Waals surface area contributed by atoms with Crippen LogP contribution in [0.4, 0.5) is 36.8 Å². The number of hydrogen-bond donors (Lipinski definition) is 0. The Morgan fingerprint density at radius 1 is 1.08 bits per heavy atom. The zero-order valence-electron chi connectivity index (χ0n) is 21.3. The molecule has 0 N–H and O–H groups in total. The van der Waals surface area contributed by atoms with Crippen molar-refractivity contribution < 1.29 is 45.4 Å². The molecular formula is C25H27F6N3O4. The molecule has 0 aliphatic carbocycles. The fourth-order valence-electron chi connectivity index (χ4n) is 4.35. The van der Waals surface area contributed by atoms with Gasteiger partial charge < -0.3 is 14.4 Å². The topological polar surface area (TPSA) is 72.0 Å². The molecule has 0 fully saturated rings. The van der Waals surface area contributed by atoms with E-state index in [1.165, 1.54) is 24.1 Å². The van der Waals surface area contributed by atoms with Crippen molar-refractivity contribution in [3.05, 3.63) is 52.7 Å². The van der Waals surface area contributed by atoms with Gasteiger partial charge in [0.25, 0.3) is 0 Å². The SMILES string of the molecule is COc1ccc2c(n1)[C@H](N(Cc1cc(C(F)(F)F)cc(C(F)(F)F)c1)C(C)=O)C[C@H](C)N2C(=O)OC(C)C. The molecule has 0 saturated carbocycles. The molecule has 1 aliphatic heterocycles. The van der Waals surface area contributed by atoms with Crippen LogP contribution >= 0.6 is 0 Å². The van der Waals surface area contributed by atoms with Crippen molar-refractivity contribution in [3.8, 4) is 5.88 Å². The second kappa shape index (κ2) is 10.7. The van der Waals surface area contributed by atoms with Gasteiger partial charge in [0.2, 0.25) is 11.8 Å². The van der Waals surface area contributed by atoms with E-state index in [4.69, 9.17) is 9.47 Å². The first-order chi connectivity index (χ1) is 17.5. The molecule has 0 saturated heterocycles. The van der Waals surface area contributed by atoms with E-state index in [2.05, 4.69) is 4.98 Å². The summed E-state index contributed by atoms with van der Waals surface area (Å²) in [6.07, 6.45) is -11.1. The third-order valence-corrected chi connectivity index (χ3v) is 5.98. The Bertz CT molecular complexity index is 1170. The largest absolute Gasteiger partial charge is 0.481 e. The number of ether oxygens (including phenoxy) is 2. The lowest BCUT2D eigenvalue weighted by molar-refractivity contribution is -0.143. The predicted octanol–water partition coefficient (Wildman–Crippen LogP) is 6.36. The fourth-order valence-corrected chi connectivity index (χ4v) is 4.35. The summed E-state index contributed by atoms with van der Waals surface area (Å²) in [6.45, 7) is 5.62. The highest BCUT2D eigenvalue weighted by Crippen LogP contribution is 2.42. The smallest absolute Gasteiger partial charge is 0.416 e. The Labute approximate surface area is 215 Å². The van der Waals surface area contributed by atoms with E-state index in [1.54, 1.807) is 20.8 Å². The average Bonchev–Trinajstić information content (AvgIpc) is 2.79. The van der Waals surface area contributed by atoms with Gasteiger partial charge in [0.05, 0.1) is 41.8 Å². The number of halogens is 6. The van der Waals surface area contributed by atoms with E-state index in [9.17, 15) is 35.9 Å². The highest BCUT2D eigenvalue weighted by molar-refractivity contribution is 5.90. The van der Waals surface area contributed by atoms with E-state index in [0.717, 1.165) is 11.8 Å². The van der Waals surface area contributed by atoms with Gasteiger partial charge >= 0.3 is 18.4 Å². The van der Waals surface area contributed by atoms with Crippen LogP contribution in [0.15, 0.2) is 30.3 Å². The number of amides is 2. The monoisotopic (exact) mass is 547 g/mol. The first kappa shape index (κ1) is 29.1. The summed E-state index contributed by atoms with van der Waals surface area (Å²) >= 11 is 0. The van der Waals surface area contributed by atoms with Crippen LogP contribution in [0.5, 0.6) is 5.88 Å². The van der Waals surface area contributed by atoms with Crippen molar-refractivity contribution in [2.45, 2.75) is 71.2 Å². The number of carbonyl (C=O) groups is 2. The van der Waals surface area contributed by atoms with Crippen molar-refractivity contribution in [2.24, 2.45) is 0 Å². The Hall–Kier alpha value is -3.51. The zero-order valence-corrected chi connectivity index (χ0v) is 21.3. The van der Waals surface area contributed by atoms with Crippen LogP contribution < -0.4 is 9.64 Å². The summed E-state index contributed by atoms with van der Waals surface area (Å²) in [5, 5.41) is 0. The van der Waals surface area contributed by atoms with Gasteiger partial charge in [-0.1, -0.05) is 0 Å². The van der Waals surface area contributed by atoms with Crippen LogP contribution in [0.1, 0.15) is 62.5 Å². The van der Waals surface area contributed by atoms with E-state index < -0.39 is 60.2 Å². The standard InChI is InChI=1S/C25H27F6N3O4/c1-13(2)38-23(36)34-14(3)8-20(22-19(34)6-7-21(32-22)37-5)33(15(4)35)12-16-9-17(24(26,27)28)11-18(10-16)25(29,30)31/h6-7,9-11,13-14,20H,8,12H2,1-5H3/t14-,20+/m0/s1. The molecule has 2 amide bonds. The van der Waals surface area contributed by atoms with Gasteiger partial charge in [-0.05, 0) is 57.0 Å². The number of anilines is 1. The lowest BCUT2D eigenvalue weighted by Crippen LogP contribution is -2.48. The number of alkyl halides is 6. The number of nitrogens with zero attached hydrogens (tertiary/aromatic N) is 3. The molecule has 0 spiro atoms. The molecule has 1 aromatic carbocycles. The number of hydrogen-bond acceptors (Lipinski definition) is 5. The molecule has 0 unspecified atom stereocenters. The van der Waals surface area contributed by atoms with Gasteiger partial charge in [-0.2, -0.15) is 26.3 Å². The van der Waals surface area contributed by atoms with Gasteiger partial charge in [-0.25, -0.2) is 9.78 Å². The van der Waals surface area contributed by atoms with Crippen LogP contribution in [0.2, 0.25) is 0 Å². The minimum absolute atomic E-state index is 0.0320. The van der Waals surface area contributed by atoms with E-state index in [1.807, 2.05) is 0 Å². The highest BCUT2D eigenvalue weighted by atomic mass is 19.4. The van der Waals surface area contributed by atoms with Crippen molar-refractivity contribution in [1.29, 1.82) is 0 Å². The maximum Gasteiger partial charge on any atom is 0.416 e. The van der Waals surface area contributed by atoms with Crippen LogP contribution in [0.25, 0.3) is 0 Å². The number of carbonyl (C=O) groups excluding carboxylic acids is 2. The minimum Gasteiger partial charge on any atom is -0.481 e. The third kappa shape index (κ3) is 6.30. The molecule has 1 aliphatic rings. The van der Waals surface area contributed by atoms with Gasteiger partial charge in [0, 0.05) is 25.6 Å². The van der Waals surface area contributed by atoms with Gasteiger partial charge in [0.15, 0.2) is 0 Å². The summed E-state index contributed by atoms with van der Waals surface area (Å²) in [5.74, 6) is -0.468. The maximum atomic E-state index is 13.4. The lowest BCUT2D eigenvalue weighted by atomic mass is 9.94. The molecule has 13 heteroatoms. The van der Waals surface area contributed by atoms with Crippen LogP contribution in [0.3, 0.4) is 0 Å². The molecule has 38 heavy (non-hydrogen) atoms. The Kier molecular flexibility index (Phi) is 8.18. The average molecular weight is 547 g/mol. The molecule has 2 heterocycles. The van der Waals surface area contributed by atoms with Crippen LogP contribution in [-0.2, 0) is 28.4 Å². The quantitative estimate of drug-likeness (QED) is 0.408. The number of aromatic nitrogens is 1. The highest BCUT2D eigenvalue weighted by Gasteiger charge is 2.41. The molecule has 0 radical (unpaired) electrons. The van der Waals surface area contributed by atoms with Crippen molar-refractivity contribution in [2.75, 3.05) is 12.0 Å². The van der Waals surface area contributed by atoms with Crippen LogP contribution in [-0.4, -0.2) is 41.1 Å². The normalized spacial score (nSPS) is 17.7. The third-order valence-electron chi connectivity index (χ3n) is 5.98. The van der Waals surface area contributed by atoms with Gasteiger partial charge in [-0.3, -0.25) is 9.69 Å². The lowest BCUT2D eigenvalue weighted by Gasteiger charge is -2.42. The maximum absolute atomic E-state index is 13.4. The summed E-state index contributed by atoms with van der Waals surface area (Å²) in [7, 11) is 1.35. The zero-order chi connectivity index (χ0) is 28.6. The number of pyridine rings is 1.